The van der Waals surface area contributed by atoms with Crippen molar-refractivity contribution in [2.75, 3.05) is 12.8 Å². The monoisotopic (exact) mass is 201 g/mol. The van der Waals surface area contributed by atoms with E-state index in [0.717, 1.165) is 0 Å². The molecule has 0 saturated carbocycles. The van der Waals surface area contributed by atoms with Gasteiger partial charge in [0.15, 0.2) is 0 Å². The maximum absolute atomic E-state index is 10.5. The Kier molecular flexibility index (Phi) is 4.98. The van der Waals surface area contributed by atoms with E-state index in [4.69, 9.17) is 15.4 Å². The molecular weight excluding hydrogens is 193 g/mol. The average Bonchev–Trinajstić information content (AvgIpc) is 2.04. The van der Waals surface area contributed by atoms with E-state index in [1.54, 1.807) is 0 Å². The summed E-state index contributed by atoms with van der Waals surface area (Å²) in [6, 6.07) is 0. The molecule has 0 aliphatic rings. The minimum absolute atomic E-state index is 0.468. The predicted molar refractivity (Wildman–Crippen MR) is 35.1 cm³/mol. The highest BCUT2D eigenvalue weighted by atomic mass is 31.2. The molecule has 0 spiro atoms. The van der Waals surface area contributed by atoms with E-state index in [1.807, 2.05) is 0 Å². The van der Waals surface area contributed by atoms with Crippen LogP contribution < -0.4 is 5.32 Å². The summed E-state index contributed by atoms with van der Waals surface area (Å²) in [4.78, 5) is 21.9. The first-order valence-corrected chi connectivity index (χ1v) is 4.48. The van der Waals surface area contributed by atoms with Crippen molar-refractivity contribution in [2.45, 2.75) is 0 Å². The normalized spacial score (nSPS) is 15.2. The van der Waals surface area contributed by atoms with Gasteiger partial charge in [-0.3, -0.25) is 14.8 Å². The van der Waals surface area contributed by atoms with E-state index in [9.17, 15) is 9.36 Å². The summed E-state index contributed by atoms with van der Waals surface area (Å²) in [5, 5.41) is 17.6. The van der Waals surface area contributed by atoms with Crippen LogP contribution in [0.25, 0.3) is 0 Å². The smallest absolute Gasteiger partial charge is 0.322 e. The molecule has 4 N–H and O–H groups in total. The first-order valence-electron chi connectivity index (χ1n) is 2.72. The van der Waals surface area contributed by atoms with Gasteiger partial charge in [0.25, 0.3) is 0 Å². The second-order valence-electron chi connectivity index (χ2n) is 1.77. The molecule has 1 atom stereocenters. The predicted octanol–water partition coefficient (Wildman–Crippen LogP) is -0.775. The molecule has 0 saturated heterocycles. The van der Waals surface area contributed by atoms with Crippen molar-refractivity contribution in [1.29, 1.82) is 0 Å². The van der Waals surface area contributed by atoms with Crippen molar-refractivity contribution in [3.8, 4) is 0 Å². The summed E-state index contributed by atoms with van der Waals surface area (Å²) in [7, 11) is -4.09. The van der Waals surface area contributed by atoms with Gasteiger partial charge < -0.3 is 4.89 Å². The first-order chi connectivity index (χ1) is 5.52. The molecule has 0 bridgehead atoms. The number of nitrogens with one attached hydrogen (secondary N) is 1. The topological polar surface area (TPSA) is 125 Å². The van der Waals surface area contributed by atoms with Crippen molar-refractivity contribution in [1.82, 2.24) is 5.32 Å². The zero-order chi connectivity index (χ0) is 9.61. The second-order valence-corrected chi connectivity index (χ2v) is 3.52. The highest BCUT2D eigenvalue weighted by molar-refractivity contribution is 7.52. The van der Waals surface area contributed by atoms with Crippen LogP contribution in [0, 0.1) is 0 Å². The van der Waals surface area contributed by atoms with E-state index >= 15 is 0 Å². The minimum atomic E-state index is -4.09. The lowest BCUT2D eigenvalue weighted by molar-refractivity contribution is -0.233. The molecule has 0 aromatic heterocycles. The minimum Gasteiger partial charge on any atom is -0.322 e. The highest BCUT2D eigenvalue weighted by Crippen LogP contribution is 2.38. The molecule has 0 radical (unpaired) electrons. The van der Waals surface area contributed by atoms with Gasteiger partial charge in [-0.25, -0.2) is 10.1 Å². The summed E-state index contributed by atoms with van der Waals surface area (Å²) >= 11 is 0. The van der Waals surface area contributed by atoms with Crippen LogP contribution in [0.5, 0.6) is 0 Å². The van der Waals surface area contributed by atoms with Gasteiger partial charge in [-0.15, -0.1) is 0 Å². The Hall–Kier alpha value is -0.500. The molecule has 8 nitrogen and oxygen atoms in total. The molecule has 12 heavy (non-hydrogen) atoms. The Morgan fingerprint density at radius 1 is 1.50 bits per heavy atom. The molecule has 1 unspecified atom stereocenters. The van der Waals surface area contributed by atoms with Crippen LogP contribution in [0.3, 0.4) is 0 Å². The summed E-state index contributed by atoms with van der Waals surface area (Å²) < 4.78 is 13.6. The molecule has 0 aliphatic heterocycles. The Bertz CT molecular complexity index is 193. The Labute approximate surface area is 67.1 Å². The summed E-state index contributed by atoms with van der Waals surface area (Å²) in [5.74, 6) is -1.02. The number of hydrogen-bond acceptors (Lipinski definition) is 7. The molecule has 72 valence electrons. The van der Waals surface area contributed by atoms with Crippen LogP contribution in [0.2, 0.25) is 0 Å². The Balaban J connectivity index is 3.57. The molecule has 0 rings (SSSR count). The molecule has 0 aromatic carbocycles. The largest absolute Gasteiger partial charge is 0.368 e. The third kappa shape index (κ3) is 5.19. The number of hydrogen-bond donors (Lipinski definition) is 4. The van der Waals surface area contributed by atoms with Gasteiger partial charge in [0.2, 0.25) is 0 Å². The highest BCUT2D eigenvalue weighted by Gasteiger charge is 2.18. The summed E-state index contributed by atoms with van der Waals surface area (Å²) in [6.07, 6.45) is -0.626. The second kappa shape index (κ2) is 5.20. The van der Waals surface area contributed by atoms with Crippen molar-refractivity contribution in [3.63, 3.8) is 0 Å². The molecule has 0 heterocycles. The van der Waals surface area contributed by atoms with Gasteiger partial charge in [0.05, 0.1) is 6.54 Å². The summed E-state index contributed by atoms with van der Waals surface area (Å²) in [5.41, 5.74) is 0. The average molecular weight is 201 g/mol. The van der Waals surface area contributed by atoms with Crippen LogP contribution in [0.4, 0.5) is 0 Å². The van der Waals surface area contributed by atoms with Gasteiger partial charge >= 0.3 is 13.6 Å². The van der Waals surface area contributed by atoms with Crippen LogP contribution in [0.15, 0.2) is 0 Å². The standard InChI is InChI=1S/C3H8NO7P/c5-3(10-6)1-4-2-12(8,9)11-7/h4,6-7H,1-2H2,(H,8,9). The van der Waals surface area contributed by atoms with Crippen LogP contribution >= 0.6 is 7.60 Å². The van der Waals surface area contributed by atoms with Crippen molar-refractivity contribution >= 4 is 13.6 Å². The Morgan fingerprint density at radius 3 is 2.50 bits per heavy atom. The number of carbonyl (C=O) groups is 1. The zero-order valence-corrected chi connectivity index (χ0v) is 6.73. The first kappa shape index (κ1) is 11.5. The molecule has 0 aliphatic carbocycles. The molecule has 9 heteroatoms. The SMILES string of the molecule is O=C(CNCP(=O)(O)OO)OO. The Morgan fingerprint density at radius 2 is 2.08 bits per heavy atom. The van der Waals surface area contributed by atoms with Crippen LogP contribution in [-0.2, 0) is 18.9 Å². The van der Waals surface area contributed by atoms with Crippen LogP contribution in [0.1, 0.15) is 0 Å². The lowest BCUT2D eigenvalue weighted by Gasteiger charge is -2.06. The lowest BCUT2D eigenvalue weighted by atomic mass is 10.7. The quantitative estimate of drug-likeness (QED) is 0.259. The maximum Gasteiger partial charge on any atom is 0.368 e. The summed E-state index contributed by atoms with van der Waals surface area (Å²) in [6.45, 7) is -0.468. The molecule has 0 aromatic rings. The van der Waals surface area contributed by atoms with E-state index < -0.39 is 26.4 Å². The molecule has 0 fully saturated rings. The van der Waals surface area contributed by atoms with E-state index in [0.29, 0.717) is 0 Å². The maximum atomic E-state index is 10.5. The van der Waals surface area contributed by atoms with E-state index in [-0.39, 0.29) is 0 Å². The third-order valence-corrected chi connectivity index (χ3v) is 1.69. The van der Waals surface area contributed by atoms with Crippen molar-refractivity contribution in [3.05, 3.63) is 0 Å². The van der Waals surface area contributed by atoms with Gasteiger partial charge in [0.1, 0.15) is 6.29 Å². The zero-order valence-electron chi connectivity index (χ0n) is 5.84. The lowest BCUT2D eigenvalue weighted by Crippen LogP contribution is -2.25. The fourth-order valence-electron chi connectivity index (χ4n) is 0.360. The number of carbonyl (C=O) groups excluding carboxylic acids is 1. The van der Waals surface area contributed by atoms with Gasteiger partial charge in [-0.05, 0) is 0 Å². The molecular formula is C3H8NO7P. The third-order valence-electron chi connectivity index (χ3n) is 0.810. The van der Waals surface area contributed by atoms with E-state index in [2.05, 4.69) is 14.9 Å². The van der Waals surface area contributed by atoms with Gasteiger partial charge in [0, 0.05) is 0 Å². The molecule has 0 amide bonds. The van der Waals surface area contributed by atoms with Crippen LogP contribution in [-0.4, -0.2) is 34.2 Å². The van der Waals surface area contributed by atoms with Gasteiger partial charge in [-0.2, -0.15) is 9.93 Å². The van der Waals surface area contributed by atoms with Gasteiger partial charge in [-0.1, -0.05) is 0 Å². The van der Waals surface area contributed by atoms with Crippen molar-refractivity contribution in [2.24, 2.45) is 0 Å². The number of rotatable bonds is 5. The fourth-order valence-corrected chi connectivity index (χ4v) is 0.813. The van der Waals surface area contributed by atoms with E-state index in [1.165, 1.54) is 0 Å². The fraction of sp³-hybridized carbons (Fsp3) is 0.667. The van der Waals surface area contributed by atoms with Crippen molar-refractivity contribution < 1.29 is 34.3 Å².